The summed E-state index contributed by atoms with van der Waals surface area (Å²) in [7, 11) is 0. The number of amides is 1. The van der Waals surface area contributed by atoms with Crippen LogP contribution in [0, 0.1) is 0 Å². The molecule has 1 aliphatic rings. The fourth-order valence-corrected chi connectivity index (χ4v) is 2.97. The number of thioether (sulfide) groups is 1. The van der Waals surface area contributed by atoms with Gasteiger partial charge in [0.2, 0.25) is 5.91 Å². The van der Waals surface area contributed by atoms with Crippen molar-refractivity contribution >= 4 is 29.0 Å². The number of pyridine rings is 1. The molecule has 1 atom stereocenters. The van der Waals surface area contributed by atoms with E-state index in [1.54, 1.807) is 12.3 Å². The van der Waals surface area contributed by atoms with Gasteiger partial charge >= 0.3 is 0 Å². The fraction of sp³-hybridized carbons (Fsp3) is 0.0769. The highest BCUT2D eigenvalue weighted by Gasteiger charge is 2.29. The van der Waals surface area contributed by atoms with Crippen molar-refractivity contribution in [2.75, 3.05) is 11.1 Å². The molecular formula is C13H11N3OS. The molecule has 1 unspecified atom stereocenters. The van der Waals surface area contributed by atoms with E-state index in [-0.39, 0.29) is 11.2 Å². The average Bonchev–Trinajstić information content (AvgIpc) is 2.39. The van der Waals surface area contributed by atoms with Gasteiger partial charge in [0.25, 0.3) is 0 Å². The lowest BCUT2D eigenvalue weighted by atomic mass is 10.2. The van der Waals surface area contributed by atoms with Crippen LogP contribution in [0.4, 0.5) is 11.4 Å². The standard InChI is InChI=1S/C13H11N3OS/c14-8-4-5-9-11(7-8)18-12(13(17)16-9)10-3-1-2-6-15-10/h1-7,12H,14H2,(H,16,17). The second-order valence-corrected chi connectivity index (χ2v) is 5.14. The number of nitrogen functional groups attached to an aromatic ring is 1. The number of hydrogen-bond acceptors (Lipinski definition) is 4. The molecule has 5 heteroatoms. The Bertz CT molecular complexity index is 600. The molecule has 90 valence electrons. The number of hydrogen-bond donors (Lipinski definition) is 2. The Balaban J connectivity index is 1.99. The predicted octanol–water partition coefficient (Wildman–Crippen LogP) is 2.45. The zero-order valence-corrected chi connectivity index (χ0v) is 10.3. The minimum absolute atomic E-state index is 0.0454. The molecule has 2 aromatic rings. The molecule has 1 aromatic carbocycles. The van der Waals surface area contributed by atoms with Crippen LogP contribution < -0.4 is 11.1 Å². The third kappa shape index (κ3) is 1.93. The van der Waals surface area contributed by atoms with Gasteiger partial charge in [0.15, 0.2) is 0 Å². The molecule has 3 rings (SSSR count). The maximum atomic E-state index is 12.0. The number of carbonyl (C=O) groups is 1. The molecule has 0 saturated carbocycles. The van der Waals surface area contributed by atoms with Gasteiger partial charge < -0.3 is 11.1 Å². The molecule has 4 nitrogen and oxygen atoms in total. The van der Waals surface area contributed by atoms with Crippen LogP contribution in [0.15, 0.2) is 47.5 Å². The van der Waals surface area contributed by atoms with E-state index < -0.39 is 0 Å². The summed E-state index contributed by atoms with van der Waals surface area (Å²) in [6.07, 6.45) is 1.69. The molecular weight excluding hydrogens is 246 g/mol. The van der Waals surface area contributed by atoms with Crippen LogP contribution in [-0.2, 0) is 4.79 Å². The molecule has 18 heavy (non-hydrogen) atoms. The summed E-state index contributed by atoms with van der Waals surface area (Å²) in [5, 5.41) is 2.56. The lowest BCUT2D eigenvalue weighted by Gasteiger charge is -2.23. The maximum Gasteiger partial charge on any atom is 0.244 e. The van der Waals surface area contributed by atoms with Gasteiger partial charge in [-0.3, -0.25) is 9.78 Å². The van der Waals surface area contributed by atoms with Crippen LogP contribution in [0.25, 0.3) is 0 Å². The number of nitrogens with one attached hydrogen (secondary N) is 1. The molecule has 1 amide bonds. The SMILES string of the molecule is Nc1ccc2c(c1)SC(c1ccccn1)C(=O)N2. The van der Waals surface area contributed by atoms with Crippen molar-refractivity contribution in [1.82, 2.24) is 4.98 Å². The van der Waals surface area contributed by atoms with Gasteiger partial charge in [0.05, 0.1) is 11.4 Å². The molecule has 0 saturated heterocycles. The zero-order valence-electron chi connectivity index (χ0n) is 9.46. The zero-order chi connectivity index (χ0) is 12.5. The molecule has 2 heterocycles. The quantitative estimate of drug-likeness (QED) is 0.770. The second kappa shape index (κ2) is 4.34. The molecule has 0 bridgehead atoms. The number of anilines is 2. The smallest absolute Gasteiger partial charge is 0.244 e. The third-order valence-corrected chi connectivity index (χ3v) is 3.99. The van der Waals surface area contributed by atoms with Crippen LogP contribution in [0.2, 0.25) is 0 Å². The van der Waals surface area contributed by atoms with Crippen LogP contribution >= 0.6 is 11.8 Å². The van der Waals surface area contributed by atoms with Crippen molar-refractivity contribution < 1.29 is 4.79 Å². The van der Waals surface area contributed by atoms with E-state index in [1.165, 1.54) is 11.8 Å². The minimum atomic E-state index is -0.319. The van der Waals surface area contributed by atoms with Crippen LogP contribution in [0.3, 0.4) is 0 Å². The summed E-state index contributed by atoms with van der Waals surface area (Å²) in [6, 6.07) is 11.0. The number of aromatic nitrogens is 1. The Morgan fingerprint density at radius 2 is 2.17 bits per heavy atom. The molecule has 0 fully saturated rings. The van der Waals surface area contributed by atoms with E-state index in [4.69, 9.17) is 5.73 Å². The van der Waals surface area contributed by atoms with Crippen LogP contribution in [0.1, 0.15) is 10.9 Å². The van der Waals surface area contributed by atoms with Crippen molar-refractivity contribution in [2.24, 2.45) is 0 Å². The first-order chi connectivity index (χ1) is 8.74. The summed E-state index contributed by atoms with van der Waals surface area (Å²) in [4.78, 5) is 17.3. The summed E-state index contributed by atoms with van der Waals surface area (Å²) >= 11 is 1.48. The molecule has 0 spiro atoms. The summed E-state index contributed by atoms with van der Waals surface area (Å²) < 4.78 is 0. The Labute approximate surface area is 109 Å². The van der Waals surface area contributed by atoms with Crippen LogP contribution in [0.5, 0.6) is 0 Å². The third-order valence-electron chi connectivity index (χ3n) is 2.70. The van der Waals surface area contributed by atoms with E-state index in [2.05, 4.69) is 10.3 Å². The van der Waals surface area contributed by atoms with Crippen molar-refractivity contribution in [3.8, 4) is 0 Å². The van der Waals surface area contributed by atoms with Gasteiger partial charge in [-0.2, -0.15) is 0 Å². The van der Waals surface area contributed by atoms with E-state index in [0.717, 1.165) is 16.3 Å². The summed E-state index contributed by atoms with van der Waals surface area (Å²) in [6.45, 7) is 0. The number of nitrogens with two attached hydrogens (primary N) is 1. The van der Waals surface area contributed by atoms with Gasteiger partial charge in [-0.15, -0.1) is 11.8 Å². The van der Waals surface area contributed by atoms with Gasteiger partial charge in [0.1, 0.15) is 5.25 Å². The van der Waals surface area contributed by atoms with Crippen LogP contribution in [-0.4, -0.2) is 10.9 Å². The van der Waals surface area contributed by atoms with E-state index in [1.807, 2.05) is 30.3 Å². The van der Waals surface area contributed by atoms with E-state index in [9.17, 15) is 4.79 Å². The Kier molecular flexibility index (Phi) is 2.68. The highest BCUT2D eigenvalue weighted by atomic mass is 32.2. The lowest BCUT2D eigenvalue weighted by molar-refractivity contribution is -0.116. The molecule has 0 radical (unpaired) electrons. The van der Waals surface area contributed by atoms with Crippen molar-refractivity contribution in [2.45, 2.75) is 10.1 Å². The van der Waals surface area contributed by atoms with Gasteiger partial charge in [-0.25, -0.2) is 0 Å². The Hall–Kier alpha value is -2.01. The number of fused-ring (bicyclic) bond motifs is 1. The molecule has 1 aliphatic heterocycles. The number of nitrogens with zero attached hydrogens (tertiary/aromatic N) is 1. The average molecular weight is 257 g/mol. The minimum Gasteiger partial charge on any atom is -0.399 e. The highest BCUT2D eigenvalue weighted by Crippen LogP contribution is 2.43. The maximum absolute atomic E-state index is 12.0. The van der Waals surface area contributed by atoms with Gasteiger partial charge in [-0.1, -0.05) is 6.07 Å². The topological polar surface area (TPSA) is 68.0 Å². The Morgan fingerprint density at radius 3 is 2.94 bits per heavy atom. The normalized spacial score (nSPS) is 18.0. The van der Waals surface area contributed by atoms with Crippen molar-refractivity contribution in [3.05, 3.63) is 48.3 Å². The molecule has 0 aliphatic carbocycles. The second-order valence-electron chi connectivity index (χ2n) is 4.00. The number of rotatable bonds is 1. The Morgan fingerprint density at radius 1 is 1.28 bits per heavy atom. The number of carbonyl (C=O) groups excluding carboxylic acids is 1. The monoisotopic (exact) mass is 257 g/mol. The van der Waals surface area contributed by atoms with E-state index in [0.29, 0.717) is 5.69 Å². The summed E-state index contributed by atoms with van der Waals surface area (Å²) in [5.74, 6) is -0.0454. The molecule has 1 aromatic heterocycles. The van der Waals surface area contributed by atoms with Crippen molar-refractivity contribution in [3.63, 3.8) is 0 Å². The predicted molar refractivity (Wildman–Crippen MR) is 72.3 cm³/mol. The summed E-state index contributed by atoms with van der Waals surface area (Å²) in [5.41, 5.74) is 8.02. The first-order valence-corrected chi connectivity index (χ1v) is 6.40. The largest absolute Gasteiger partial charge is 0.399 e. The first-order valence-electron chi connectivity index (χ1n) is 5.52. The van der Waals surface area contributed by atoms with Gasteiger partial charge in [0, 0.05) is 16.8 Å². The van der Waals surface area contributed by atoms with Crippen molar-refractivity contribution in [1.29, 1.82) is 0 Å². The lowest BCUT2D eigenvalue weighted by Crippen LogP contribution is -2.23. The molecule has 3 N–H and O–H groups in total. The van der Waals surface area contributed by atoms with E-state index >= 15 is 0 Å². The number of benzene rings is 1. The van der Waals surface area contributed by atoms with Gasteiger partial charge in [-0.05, 0) is 30.3 Å². The first kappa shape index (κ1) is 11.1. The highest BCUT2D eigenvalue weighted by molar-refractivity contribution is 8.00. The fourth-order valence-electron chi connectivity index (χ4n) is 1.84.